The van der Waals surface area contributed by atoms with Crippen molar-refractivity contribution in [3.05, 3.63) is 41.2 Å². The molecule has 0 saturated heterocycles. The van der Waals surface area contributed by atoms with Crippen LogP contribution in [0.4, 0.5) is 10.1 Å². The average molecular weight is 221 g/mol. The second-order valence-corrected chi connectivity index (χ2v) is 4.19. The van der Waals surface area contributed by atoms with E-state index in [9.17, 15) is 9.50 Å². The van der Waals surface area contributed by atoms with Crippen LogP contribution in [0.5, 0.6) is 0 Å². The normalized spacial score (nSPS) is 16.2. The van der Waals surface area contributed by atoms with E-state index in [1.807, 2.05) is 0 Å². The molecule has 0 radical (unpaired) electrons. The van der Waals surface area contributed by atoms with Crippen molar-refractivity contribution >= 4 is 5.69 Å². The summed E-state index contributed by atoms with van der Waals surface area (Å²) >= 11 is 0. The zero-order chi connectivity index (χ0) is 11.5. The average Bonchev–Trinajstić information content (AvgIpc) is 2.28. The first-order chi connectivity index (χ1) is 7.70. The first kappa shape index (κ1) is 11.1. The Hall–Kier alpha value is -1.35. The molecule has 0 amide bonds. The van der Waals surface area contributed by atoms with Crippen molar-refractivity contribution in [1.29, 1.82) is 0 Å². The molecule has 1 aliphatic rings. The van der Waals surface area contributed by atoms with E-state index in [0.717, 1.165) is 25.2 Å². The number of hydrogen-bond donors (Lipinski definition) is 1. The van der Waals surface area contributed by atoms with Gasteiger partial charge in [0.15, 0.2) is 0 Å². The van der Waals surface area contributed by atoms with Crippen molar-refractivity contribution in [2.24, 2.45) is 0 Å². The number of aliphatic hydroxyl groups excluding tert-OH is 1. The highest BCUT2D eigenvalue weighted by Crippen LogP contribution is 2.24. The first-order valence-electron chi connectivity index (χ1n) is 5.50. The molecule has 16 heavy (non-hydrogen) atoms. The maximum atomic E-state index is 13.0. The van der Waals surface area contributed by atoms with Gasteiger partial charge in [0.25, 0.3) is 0 Å². The molecule has 1 heterocycles. The predicted molar refractivity (Wildman–Crippen MR) is 62.9 cm³/mol. The van der Waals surface area contributed by atoms with Crippen LogP contribution in [0.1, 0.15) is 18.9 Å². The lowest BCUT2D eigenvalue weighted by Gasteiger charge is -2.29. The van der Waals surface area contributed by atoms with Crippen molar-refractivity contribution in [3.8, 4) is 0 Å². The number of nitrogens with zero attached hydrogens (tertiary/aromatic N) is 1. The molecule has 0 unspecified atom stereocenters. The molecule has 0 saturated carbocycles. The molecule has 1 N–H and O–H groups in total. The quantitative estimate of drug-likeness (QED) is 0.775. The van der Waals surface area contributed by atoms with Gasteiger partial charge in [-0.05, 0) is 31.5 Å². The predicted octanol–water partition coefficient (Wildman–Crippen LogP) is 2.47. The third-order valence-corrected chi connectivity index (χ3v) is 2.88. The van der Waals surface area contributed by atoms with Gasteiger partial charge in [0.05, 0.1) is 6.61 Å². The molecule has 2 nitrogen and oxygen atoms in total. The monoisotopic (exact) mass is 221 g/mol. The molecule has 1 aliphatic heterocycles. The molecule has 0 atom stereocenters. The molecule has 1 aromatic rings. The van der Waals surface area contributed by atoms with Gasteiger partial charge in [0.2, 0.25) is 0 Å². The largest absolute Gasteiger partial charge is 0.392 e. The summed E-state index contributed by atoms with van der Waals surface area (Å²) in [6.07, 6.45) is 3.23. The van der Waals surface area contributed by atoms with E-state index in [1.54, 1.807) is 6.07 Å². The van der Waals surface area contributed by atoms with Gasteiger partial charge in [-0.25, -0.2) is 4.39 Å². The summed E-state index contributed by atoms with van der Waals surface area (Å²) < 4.78 is 13.0. The van der Waals surface area contributed by atoms with E-state index in [1.165, 1.54) is 17.7 Å². The Kier molecular flexibility index (Phi) is 3.25. The zero-order valence-corrected chi connectivity index (χ0v) is 9.41. The summed E-state index contributed by atoms with van der Waals surface area (Å²) in [4.78, 5) is 2.18. The van der Waals surface area contributed by atoms with Crippen molar-refractivity contribution in [2.75, 3.05) is 18.0 Å². The summed E-state index contributed by atoms with van der Waals surface area (Å²) in [5, 5.41) is 9.23. The van der Waals surface area contributed by atoms with Crippen LogP contribution >= 0.6 is 0 Å². The van der Waals surface area contributed by atoms with E-state index in [-0.39, 0.29) is 12.4 Å². The third-order valence-electron chi connectivity index (χ3n) is 2.88. The Morgan fingerprint density at radius 1 is 1.44 bits per heavy atom. The second kappa shape index (κ2) is 4.66. The Bertz CT molecular complexity index is 414. The number of anilines is 1. The van der Waals surface area contributed by atoms with Crippen molar-refractivity contribution in [1.82, 2.24) is 0 Å². The van der Waals surface area contributed by atoms with Gasteiger partial charge in [-0.1, -0.05) is 11.6 Å². The van der Waals surface area contributed by atoms with Gasteiger partial charge in [0.1, 0.15) is 5.82 Å². The molecule has 0 spiro atoms. The van der Waals surface area contributed by atoms with E-state index in [0.29, 0.717) is 5.56 Å². The van der Waals surface area contributed by atoms with E-state index in [4.69, 9.17) is 0 Å². The van der Waals surface area contributed by atoms with Gasteiger partial charge < -0.3 is 10.0 Å². The number of aliphatic hydroxyl groups is 1. The lowest BCUT2D eigenvalue weighted by atomic mass is 10.1. The van der Waals surface area contributed by atoms with Gasteiger partial charge in [-0.15, -0.1) is 0 Å². The minimum Gasteiger partial charge on any atom is -0.392 e. The molecule has 0 aromatic heterocycles. The fraction of sp³-hybridized carbons (Fsp3) is 0.385. The minimum absolute atomic E-state index is 0.119. The van der Waals surface area contributed by atoms with Gasteiger partial charge in [-0.3, -0.25) is 0 Å². The van der Waals surface area contributed by atoms with Gasteiger partial charge in [0, 0.05) is 24.3 Å². The Balaban J connectivity index is 2.29. The lowest BCUT2D eigenvalue weighted by molar-refractivity contribution is 0.281. The highest BCUT2D eigenvalue weighted by molar-refractivity contribution is 5.55. The number of halogens is 1. The SMILES string of the molecule is CC1=CCCN(c2ccc(F)cc2CO)C1. The molecule has 1 aromatic carbocycles. The smallest absolute Gasteiger partial charge is 0.123 e. The van der Waals surface area contributed by atoms with Crippen LogP contribution < -0.4 is 4.90 Å². The van der Waals surface area contributed by atoms with Crippen LogP contribution in [-0.4, -0.2) is 18.2 Å². The summed E-state index contributed by atoms with van der Waals surface area (Å²) in [6, 6.07) is 4.60. The molecule has 3 heteroatoms. The fourth-order valence-electron chi connectivity index (χ4n) is 2.11. The highest BCUT2D eigenvalue weighted by atomic mass is 19.1. The van der Waals surface area contributed by atoms with Gasteiger partial charge in [-0.2, -0.15) is 0 Å². The van der Waals surface area contributed by atoms with Crippen LogP contribution in [0.25, 0.3) is 0 Å². The topological polar surface area (TPSA) is 23.5 Å². The molecule has 0 bridgehead atoms. The Morgan fingerprint density at radius 3 is 2.94 bits per heavy atom. The number of rotatable bonds is 2. The van der Waals surface area contributed by atoms with Crippen molar-refractivity contribution in [3.63, 3.8) is 0 Å². The first-order valence-corrected chi connectivity index (χ1v) is 5.50. The Morgan fingerprint density at radius 2 is 2.25 bits per heavy atom. The van der Waals surface area contributed by atoms with E-state index >= 15 is 0 Å². The summed E-state index contributed by atoms with van der Waals surface area (Å²) in [7, 11) is 0. The molecule has 0 aliphatic carbocycles. The van der Waals surface area contributed by atoms with Crippen LogP contribution in [0.3, 0.4) is 0 Å². The molecular weight excluding hydrogens is 205 g/mol. The van der Waals surface area contributed by atoms with Crippen LogP contribution in [0, 0.1) is 5.82 Å². The van der Waals surface area contributed by atoms with E-state index in [2.05, 4.69) is 17.9 Å². The molecule has 2 rings (SSSR count). The van der Waals surface area contributed by atoms with Crippen molar-refractivity contribution in [2.45, 2.75) is 20.0 Å². The van der Waals surface area contributed by atoms with Gasteiger partial charge >= 0.3 is 0 Å². The zero-order valence-electron chi connectivity index (χ0n) is 9.41. The minimum atomic E-state index is -0.294. The highest BCUT2D eigenvalue weighted by Gasteiger charge is 2.14. The summed E-state index contributed by atoms with van der Waals surface area (Å²) in [5.74, 6) is -0.294. The van der Waals surface area contributed by atoms with Crippen LogP contribution in [0.2, 0.25) is 0 Å². The van der Waals surface area contributed by atoms with Crippen LogP contribution in [0.15, 0.2) is 29.8 Å². The molecule has 86 valence electrons. The van der Waals surface area contributed by atoms with Crippen molar-refractivity contribution < 1.29 is 9.50 Å². The standard InChI is InChI=1S/C13H16FNO/c1-10-3-2-6-15(8-10)13-5-4-12(14)7-11(13)9-16/h3-5,7,16H,2,6,8-9H2,1H3. The summed E-state index contributed by atoms with van der Waals surface area (Å²) in [6.45, 7) is 3.76. The maximum absolute atomic E-state index is 13.0. The molecular formula is C13H16FNO. The van der Waals surface area contributed by atoms with Crippen LogP contribution in [-0.2, 0) is 6.61 Å². The lowest BCUT2D eigenvalue weighted by Crippen LogP contribution is -2.30. The Labute approximate surface area is 95.0 Å². The summed E-state index contributed by atoms with van der Waals surface area (Å²) in [5.41, 5.74) is 2.92. The fourth-order valence-corrected chi connectivity index (χ4v) is 2.11. The number of hydrogen-bond acceptors (Lipinski definition) is 2. The molecule has 0 fully saturated rings. The second-order valence-electron chi connectivity index (χ2n) is 4.19. The van der Waals surface area contributed by atoms with E-state index < -0.39 is 0 Å². The maximum Gasteiger partial charge on any atom is 0.123 e. The number of benzene rings is 1. The third kappa shape index (κ3) is 2.25.